The predicted octanol–water partition coefficient (Wildman–Crippen LogP) is 1.06. The molecule has 2 atom stereocenters. The SMILES string of the molecule is NCCC(C(=O)O)N1CCCC(C(F)(F)F)C1. The van der Waals surface area contributed by atoms with Gasteiger partial charge in [0.15, 0.2) is 0 Å². The Bertz CT molecular complexity index is 271. The second kappa shape index (κ2) is 5.68. The molecule has 1 saturated heterocycles. The quantitative estimate of drug-likeness (QED) is 0.787. The third-order valence-corrected chi connectivity index (χ3v) is 3.08. The number of nitrogens with two attached hydrogens (primary N) is 1. The van der Waals surface area contributed by atoms with Gasteiger partial charge in [-0.3, -0.25) is 9.69 Å². The van der Waals surface area contributed by atoms with Crippen molar-refractivity contribution in [2.45, 2.75) is 31.5 Å². The Balaban J connectivity index is 2.67. The summed E-state index contributed by atoms with van der Waals surface area (Å²) < 4.78 is 37.7. The average Bonchev–Trinajstić information content (AvgIpc) is 2.24. The smallest absolute Gasteiger partial charge is 0.393 e. The van der Waals surface area contributed by atoms with Gasteiger partial charge in [-0.05, 0) is 32.4 Å². The standard InChI is InChI=1S/C10H17F3N2O2/c11-10(12,13)7-2-1-5-15(6-7)8(3-4-14)9(16)17/h7-8H,1-6,14H2,(H,16,17). The van der Waals surface area contributed by atoms with Crippen molar-refractivity contribution in [3.63, 3.8) is 0 Å². The number of hydrogen-bond acceptors (Lipinski definition) is 3. The minimum absolute atomic E-state index is 0.0783. The van der Waals surface area contributed by atoms with Gasteiger partial charge in [0.1, 0.15) is 6.04 Å². The molecular formula is C10H17F3N2O2. The first-order chi connectivity index (χ1) is 7.86. The first-order valence-corrected chi connectivity index (χ1v) is 5.60. The Morgan fingerprint density at radius 3 is 2.65 bits per heavy atom. The van der Waals surface area contributed by atoms with E-state index < -0.39 is 24.1 Å². The zero-order chi connectivity index (χ0) is 13.1. The van der Waals surface area contributed by atoms with Crippen molar-refractivity contribution < 1.29 is 23.1 Å². The molecular weight excluding hydrogens is 237 g/mol. The molecule has 0 aromatic rings. The van der Waals surface area contributed by atoms with Crippen LogP contribution in [0.4, 0.5) is 13.2 Å². The molecule has 4 nitrogen and oxygen atoms in total. The van der Waals surface area contributed by atoms with Gasteiger partial charge >= 0.3 is 12.1 Å². The maximum Gasteiger partial charge on any atom is 0.393 e. The summed E-state index contributed by atoms with van der Waals surface area (Å²) in [5.74, 6) is -2.52. The summed E-state index contributed by atoms with van der Waals surface area (Å²) in [7, 11) is 0. The first-order valence-electron chi connectivity index (χ1n) is 5.60. The molecule has 1 aliphatic rings. The van der Waals surface area contributed by atoms with E-state index in [4.69, 9.17) is 10.8 Å². The van der Waals surface area contributed by atoms with Crippen molar-refractivity contribution >= 4 is 5.97 Å². The molecule has 2 unspecified atom stereocenters. The maximum absolute atomic E-state index is 12.6. The van der Waals surface area contributed by atoms with Crippen molar-refractivity contribution in [3.05, 3.63) is 0 Å². The first kappa shape index (κ1) is 14.2. The van der Waals surface area contributed by atoms with Crippen LogP contribution in [-0.4, -0.2) is 47.8 Å². The molecule has 0 spiro atoms. The number of nitrogens with zero attached hydrogens (tertiary/aromatic N) is 1. The van der Waals surface area contributed by atoms with E-state index in [9.17, 15) is 18.0 Å². The summed E-state index contributed by atoms with van der Waals surface area (Å²) in [5.41, 5.74) is 5.28. The Labute approximate surface area is 97.6 Å². The maximum atomic E-state index is 12.6. The Hall–Kier alpha value is -0.820. The minimum Gasteiger partial charge on any atom is -0.480 e. The van der Waals surface area contributed by atoms with Gasteiger partial charge in [0, 0.05) is 6.54 Å². The van der Waals surface area contributed by atoms with Crippen LogP contribution >= 0.6 is 0 Å². The van der Waals surface area contributed by atoms with E-state index in [0.29, 0.717) is 13.0 Å². The van der Waals surface area contributed by atoms with Crippen LogP contribution in [0.15, 0.2) is 0 Å². The zero-order valence-electron chi connectivity index (χ0n) is 9.41. The van der Waals surface area contributed by atoms with E-state index >= 15 is 0 Å². The Morgan fingerprint density at radius 1 is 1.53 bits per heavy atom. The number of carbonyl (C=O) groups is 1. The fourth-order valence-electron chi connectivity index (χ4n) is 2.18. The molecule has 0 aliphatic carbocycles. The number of halogens is 3. The molecule has 1 heterocycles. The fourth-order valence-corrected chi connectivity index (χ4v) is 2.18. The molecule has 3 N–H and O–H groups in total. The summed E-state index contributed by atoms with van der Waals surface area (Å²) in [4.78, 5) is 12.4. The van der Waals surface area contributed by atoms with Crippen LogP contribution in [0.1, 0.15) is 19.3 Å². The number of aliphatic carboxylic acids is 1. The van der Waals surface area contributed by atoms with E-state index in [-0.39, 0.29) is 25.9 Å². The summed E-state index contributed by atoms with van der Waals surface area (Å²) >= 11 is 0. The molecule has 0 aromatic carbocycles. The second-order valence-electron chi connectivity index (χ2n) is 4.31. The molecule has 1 fully saturated rings. The van der Waals surface area contributed by atoms with Crippen LogP contribution in [0.3, 0.4) is 0 Å². The highest BCUT2D eigenvalue weighted by atomic mass is 19.4. The van der Waals surface area contributed by atoms with E-state index in [0.717, 1.165) is 0 Å². The van der Waals surface area contributed by atoms with Crippen LogP contribution < -0.4 is 5.73 Å². The number of rotatable bonds is 4. The highest BCUT2D eigenvalue weighted by Gasteiger charge is 2.43. The lowest BCUT2D eigenvalue weighted by Gasteiger charge is -2.37. The lowest BCUT2D eigenvalue weighted by molar-refractivity contribution is -0.190. The van der Waals surface area contributed by atoms with Crippen LogP contribution in [-0.2, 0) is 4.79 Å². The van der Waals surface area contributed by atoms with Crippen molar-refractivity contribution in [3.8, 4) is 0 Å². The number of likely N-dealkylation sites (tertiary alicyclic amines) is 1. The summed E-state index contributed by atoms with van der Waals surface area (Å²) in [6.07, 6.45) is -3.61. The molecule has 1 aliphatic heterocycles. The van der Waals surface area contributed by atoms with E-state index in [1.165, 1.54) is 4.90 Å². The normalized spacial score (nSPS) is 24.6. The van der Waals surface area contributed by atoms with Gasteiger partial charge in [-0.15, -0.1) is 0 Å². The largest absolute Gasteiger partial charge is 0.480 e. The monoisotopic (exact) mass is 254 g/mol. The van der Waals surface area contributed by atoms with E-state index in [1.807, 2.05) is 0 Å². The molecule has 0 amide bonds. The molecule has 100 valence electrons. The molecule has 0 saturated carbocycles. The van der Waals surface area contributed by atoms with E-state index in [2.05, 4.69) is 0 Å². The molecule has 17 heavy (non-hydrogen) atoms. The van der Waals surface area contributed by atoms with Crippen LogP contribution in [0.5, 0.6) is 0 Å². The lowest BCUT2D eigenvalue weighted by Crippen LogP contribution is -2.50. The van der Waals surface area contributed by atoms with Gasteiger partial charge in [-0.25, -0.2) is 0 Å². The molecule has 0 aromatic heterocycles. The van der Waals surface area contributed by atoms with Crippen molar-refractivity contribution in [1.82, 2.24) is 4.90 Å². The molecule has 0 radical (unpaired) electrons. The molecule has 0 bridgehead atoms. The third kappa shape index (κ3) is 3.85. The molecule has 1 rings (SSSR count). The van der Waals surface area contributed by atoms with Gasteiger partial charge in [0.05, 0.1) is 5.92 Å². The highest BCUT2D eigenvalue weighted by Crippen LogP contribution is 2.33. The van der Waals surface area contributed by atoms with Crippen LogP contribution in [0.2, 0.25) is 0 Å². The van der Waals surface area contributed by atoms with Crippen molar-refractivity contribution in [2.24, 2.45) is 11.7 Å². The van der Waals surface area contributed by atoms with Gasteiger partial charge in [0.2, 0.25) is 0 Å². The van der Waals surface area contributed by atoms with Crippen LogP contribution in [0.25, 0.3) is 0 Å². The Morgan fingerprint density at radius 2 is 2.18 bits per heavy atom. The summed E-state index contributed by atoms with van der Waals surface area (Å²) in [6.45, 7) is 0.314. The number of alkyl halides is 3. The summed E-state index contributed by atoms with van der Waals surface area (Å²) in [6, 6.07) is -0.898. The minimum atomic E-state index is -4.25. The zero-order valence-corrected chi connectivity index (χ0v) is 9.41. The topological polar surface area (TPSA) is 66.6 Å². The van der Waals surface area contributed by atoms with Crippen LogP contribution in [0, 0.1) is 5.92 Å². The number of carboxylic acids is 1. The van der Waals surface area contributed by atoms with Gasteiger partial charge < -0.3 is 10.8 Å². The van der Waals surface area contributed by atoms with Gasteiger partial charge in [-0.1, -0.05) is 0 Å². The predicted molar refractivity (Wildman–Crippen MR) is 55.4 cm³/mol. The number of carboxylic acid groups (broad SMARTS) is 1. The molecule has 7 heteroatoms. The third-order valence-electron chi connectivity index (χ3n) is 3.08. The Kier molecular flexibility index (Phi) is 4.76. The fraction of sp³-hybridized carbons (Fsp3) is 0.900. The number of piperidine rings is 1. The van der Waals surface area contributed by atoms with E-state index in [1.54, 1.807) is 0 Å². The van der Waals surface area contributed by atoms with Gasteiger partial charge in [-0.2, -0.15) is 13.2 Å². The van der Waals surface area contributed by atoms with Crippen molar-refractivity contribution in [1.29, 1.82) is 0 Å². The summed E-state index contributed by atoms with van der Waals surface area (Å²) in [5, 5.41) is 8.97. The lowest BCUT2D eigenvalue weighted by atomic mass is 9.95. The van der Waals surface area contributed by atoms with Crippen molar-refractivity contribution in [2.75, 3.05) is 19.6 Å². The second-order valence-corrected chi connectivity index (χ2v) is 4.31. The highest BCUT2D eigenvalue weighted by molar-refractivity contribution is 5.73. The number of hydrogen-bond donors (Lipinski definition) is 2. The van der Waals surface area contributed by atoms with Gasteiger partial charge in [0.25, 0.3) is 0 Å². The average molecular weight is 254 g/mol.